The molecule has 0 radical (unpaired) electrons. The molecular formula is C18H19ClN4O3. The molecule has 0 unspecified atom stereocenters. The summed E-state index contributed by atoms with van der Waals surface area (Å²) in [5.41, 5.74) is 0.764. The highest BCUT2D eigenvalue weighted by molar-refractivity contribution is 5.85. The van der Waals surface area contributed by atoms with Crippen LogP contribution in [0.4, 0.5) is 0 Å². The van der Waals surface area contributed by atoms with E-state index in [1.54, 1.807) is 12.3 Å². The number of morpholine rings is 1. The average Bonchev–Trinajstić information content (AvgIpc) is 3.13. The maximum atomic E-state index is 5.68. The third kappa shape index (κ3) is 4.01. The highest BCUT2D eigenvalue weighted by Gasteiger charge is 2.28. The molecule has 7 nitrogen and oxygen atoms in total. The van der Waals surface area contributed by atoms with E-state index in [0.717, 1.165) is 17.9 Å². The number of pyridine rings is 1. The van der Waals surface area contributed by atoms with E-state index in [-0.39, 0.29) is 24.6 Å². The Morgan fingerprint density at radius 2 is 2.00 bits per heavy atom. The summed E-state index contributed by atoms with van der Waals surface area (Å²) in [5.74, 6) is 2.26. The first-order valence-electron chi connectivity index (χ1n) is 8.17. The zero-order valence-corrected chi connectivity index (χ0v) is 15.0. The second kappa shape index (κ2) is 8.27. The maximum absolute atomic E-state index is 5.68. The van der Waals surface area contributed by atoms with E-state index < -0.39 is 0 Å². The Labute approximate surface area is 157 Å². The van der Waals surface area contributed by atoms with Gasteiger partial charge in [0.25, 0.3) is 0 Å². The summed E-state index contributed by atoms with van der Waals surface area (Å²) in [7, 11) is 0. The van der Waals surface area contributed by atoms with Gasteiger partial charge in [0.05, 0.1) is 12.7 Å². The third-order valence-electron chi connectivity index (χ3n) is 3.98. The maximum Gasteiger partial charge on any atom is 0.246 e. The molecule has 2 aromatic heterocycles. The van der Waals surface area contributed by atoms with Crippen LogP contribution in [-0.2, 0) is 4.74 Å². The Morgan fingerprint density at radius 1 is 1.15 bits per heavy atom. The van der Waals surface area contributed by atoms with Crippen LogP contribution in [0, 0.1) is 0 Å². The van der Waals surface area contributed by atoms with Crippen LogP contribution in [0.5, 0.6) is 11.6 Å². The summed E-state index contributed by atoms with van der Waals surface area (Å²) < 4.78 is 16.7. The standard InChI is InChI=1S/C18H18N4O3.ClH/c1-12-16(19-9-10-23-12)18-21-17(22-25-18)13-7-8-15(20-11-13)24-14-5-3-2-4-6-14;/h2-8,11-12,16,19H,9-10H2,1H3;1H/t12-,16+;/m1./s1. The van der Waals surface area contributed by atoms with Crippen LogP contribution in [0.2, 0.25) is 0 Å². The zero-order valence-electron chi connectivity index (χ0n) is 14.2. The first-order valence-corrected chi connectivity index (χ1v) is 8.17. The van der Waals surface area contributed by atoms with Crippen LogP contribution < -0.4 is 10.1 Å². The molecule has 1 N–H and O–H groups in total. The summed E-state index contributed by atoms with van der Waals surface area (Å²) >= 11 is 0. The van der Waals surface area contributed by atoms with Crippen molar-refractivity contribution in [2.24, 2.45) is 0 Å². The second-order valence-corrected chi connectivity index (χ2v) is 5.76. The predicted octanol–water partition coefficient (Wildman–Crippen LogP) is 3.40. The van der Waals surface area contributed by atoms with Crippen LogP contribution in [0.3, 0.4) is 0 Å². The minimum absolute atomic E-state index is 0. The van der Waals surface area contributed by atoms with Gasteiger partial charge in [0.1, 0.15) is 11.8 Å². The lowest BCUT2D eigenvalue weighted by Crippen LogP contribution is -2.40. The van der Waals surface area contributed by atoms with Crippen LogP contribution in [-0.4, -0.2) is 34.4 Å². The van der Waals surface area contributed by atoms with Gasteiger partial charge in [-0.2, -0.15) is 4.98 Å². The van der Waals surface area contributed by atoms with E-state index in [2.05, 4.69) is 20.4 Å². The molecule has 0 spiro atoms. The number of para-hydroxylation sites is 1. The number of halogens is 1. The number of aromatic nitrogens is 3. The van der Waals surface area contributed by atoms with Crippen molar-refractivity contribution in [3.63, 3.8) is 0 Å². The van der Waals surface area contributed by atoms with Gasteiger partial charge >= 0.3 is 0 Å². The summed E-state index contributed by atoms with van der Waals surface area (Å²) in [6.07, 6.45) is 1.66. The SMILES string of the molecule is C[C@H]1OCCN[C@@H]1c1nc(-c2ccc(Oc3ccccc3)nc2)no1.Cl. The minimum atomic E-state index is -0.0938. The van der Waals surface area contributed by atoms with Crippen molar-refractivity contribution in [1.82, 2.24) is 20.4 Å². The summed E-state index contributed by atoms with van der Waals surface area (Å²) in [5, 5.41) is 7.38. The van der Waals surface area contributed by atoms with Crippen molar-refractivity contribution in [1.29, 1.82) is 0 Å². The molecule has 136 valence electrons. The largest absolute Gasteiger partial charge is 0.439 e. The topological polar surface area (TPSA) is 82.3 Å². The first kappa shape index (κ1) is 18.3. The highest BCUT2D eigenvalue weighted by Crippen LogP contribution is 2.25. The van der Waals surface area contributed by atoms with E-state index >= 15 is 0 Å². The minimum Gasteiger partial charge on any atom is -0.439 e. The second-order valence-electron chi connectivity index (χ2n) is 5.76. The Hall–Kier alpha value is -2.48. The van der Waals surface area contributed by atoms with Crippen LogP contribution in [0.25, 0.3) is 11.4 Å². The molecule has 0 amide bonds. The number of nitrogens with one attached hydrogen (secondary N) is 1. The van der Waals surface area contributed by atoms with Gasteiger partial charge in [-0.3, -0.25) is 0 Å². The van der Waals surface area contributed by atoms with Crippen molar-refractivity contribution < 1.29 is 14.0 Å². The van der Waals surface area contributed by atoms with Gasteiger partial charge in [0.2, 0.25) is 17.6 Å². The van der Waals surface area contributed by atoms with Gasteiger partial charge in [-0.1, -0.05) is 23.4 Å². The number of hydrogen-bond donors (Lipinski definition) is 1. The van der Waals surface area contributed by atoms with Gasteiger partial charge in [-0.15, -0.1) is 12.4 Å². The Morgan fingerprint density at radius 3 is 2.73 bits per heavy atom. The number of ether oxygens (including phenoxy) is 2. The Kier molecular flexibility index (Phi) is 5.82. The molecule has 1 aliphatic heterocycles. The van der Waals surface area contributed by atoms with E-state index in [1.807, 2.05) is 43.3 Å². The van der Waals surface area contributed by atoms with Crippen LogP contribution in [0.15, 0.2) is 53.2 Å². The molecule has 1 fully saturated rings. The molecule has 0 bridgehead atoms. The summed E-state index contributed by atoms with van der Waals surface area (Å²) in [6.45, 7) is 3.43. The number of hydrogen-bond acceptors (Lipinski definition) is 7. The molecule has 4 rings (SSSR count). The Bertz CT molecular complexity index is 826. The lowest BCUT2D eigenvalue weighted by molar-refractivity contribution is -0.00136. The fourth-order valence-corrected chi connectivity index (χ4v) is 2.67. The molecular weight excluding hydrogens is 356 g/mol. The number of rotatable bonds is 4. The van der Waals surface area contributed by atoms with Gasteiger partial charge in [0, 0.05) is 24.4 Å². The van der Waals surface area contributed by atoms with Gasteiger partial charge in [0.15, 0.2) is 0 Å². The molecule has 26 heavy (non-hydrogen) atoms. The molecule has 8 heteroatoms. The molecule has 2 atom stereocenters. The molecule has 3 heterocycles. The van der Waals surface area contributed by atoms with E-state index in [4.69, 9.17) is 14.0 Å². The van der Waals surface area contributed by atoms with Crippen molar-refractivity contribution in [2.75, 3.05) is 13.2 Å². The fourth-order valence-electron chi connectivity index (χ4n) is 2.67. The Balaban J connectivity index is 0.00000196. The quantitative estimate of drug-likeness (QED) is 0.749. The molecule has 1 aliphatic rings. The van der Waals surface area contributed by atoms with Crippen molar-refractivity contribution >= 4 is 12.4 Å². The van der Waals surface area contributed by atoms with Crippen molar-refractivity contribution in [3.8, 4) is 23.0 Å². The molecule has 0 aliphatic carbocycles. The highest BCUT2D eigenvalue weighted by atomic mass is 35.5. The smallest absolute Gasteiger partial charge is 0.246 e. The zero-order chi connectivity index (χ0) is 17.1. The van der Waals surface area contributed by atoms with Crippen LogP contribution >= 0.6 is 12.4 Å². The lowest BCUT2D eigenvalue weighted by atomic mass is 10.1. The van der Waals surface area contributed by atoms with Crippen molar-refractivity contribution in [3.05, 3.63) is 54.6 Å². The fraction of sp³-hybridized carbons (Fsp3) is 0.278. The lowest BCUT2D eigenvalue weighted by Gasteiger charge is -2.27. The normalized spacial score (nSPS) is 19.6. The molecule has 0 saturated carbocycles. The van der Waals surface area contributed by atoms with Crippen molar-refractivity contribution in [2.45, 2.75) is 19.1 Å². The van der Waals surface area contributed by atoms with E-state index in [0.29, 0.717) is 24.2 Å². The summed E-state index contributed by atoms with van der Waals surface area (Å²) in [6, 6.07) is 13.1. The molecule has 1 aromatic carbocycles. The van der Waals surface area contributed by atoms with Gasteiger partial charge in [-0.25, -0.2) is 4.98 Å². The molecule has 3 aromatic rings. The van der Waals surface area contributed by atoms with E-state index in [9.17, 15) is 0 Å². The average molecular weight is 375 g/mol. The summed E-state index contributed by atoms with van der Waals surface area (Å²) in [4.78, 5) is 8.77. The predicted molar refractivity (Wildman–Crippen MR) is 97.5 cm³/mol. The number of benzene rings is 1. The monoisotopic (exact) mass is 374 g/mol. The first-order chi connectivity index (χ1) is 12.3. The number of nitrogens with zero attached hydrogens (tertiary/aromatic N) is 3. The van der Waals surface area contributed by atoms with E-state index in [1.165, 1.54) is 0 Å². The van der Waals surface area contributed by atoms with Crippen LogP contribution in [0.1, 0.15) is 18.9 Å². The molecule has 1 saturated heterocycles. The van der Waals surface area contributed by atoms with Gasteiger partial charge < -0.3 is 19.3 Å². The third-order valence-corrected chi connectivity index (χ3v) is 3.98. The van der Waals surface area contributed by atoms with Gasteiger partial charge in [-0.05, 0) is 25.1 Å².